The van der Waals surface area contributed by atoms with Gasteiger partial charge in [0.2, 0.25) is 0 Å². The number of rotatable bonds is 5. The van der Waals surface area contributed by atoms with Crippen LogP contribution in [-0.2, 0) is 26.5 Å². The van der Waals surface area contributed by atoms with Gasteiger partial charge in [0, 0.05) is 67.1 Å². The Morgan fingerprint density at radius 1 is 0.760 bits per heavy atom. The summed E-state index contributed by atoms with van der Waals surface area (Å²) in [6.45, 7) is 8.74. The Balaban J connectivity index is 0.00000361. The van der Waals surface area contributed by atoms with Crippen molar-refractivity contribution < 1.29 is 30.2 Å². The minimum absolute atomic E-state index is 0. The van der Waals surface area contributed by atoms with Crippen LogP contribution in [0.1, 0.15) is 26.3 Å². The number of fused-ring (bicyclic) bond motifs is 5. The van der Waals surface area contributed by atoms with Crippen molar-refractivity contribution >= 4 is 49.8 Å². The van der Waals surface area contributed by atoms with E-state index in [9.17, 15) is 0 Å². The van der Waals surface area contributed by atoms with Gasteiger partial charge in [-0.05, 0) is 53.2 Å². The molecule has 9 rings (SSSR count). The molecule has 0 bridgehead atoms. The standard InChI is InChI=1S/C43H33N4O2.Pt/c1-43(2,3)31-21-32(46-27-45(4)38-12-8-9-13-39(38)46)23-34(22-31)49-33-15-16-35-36-20-29(28-10-6-5-7-11-28)14-17-37(36)47(40(35)24-33)42-25-41-30(26-44-42)18-19-48-41;/h5-22,25-27H,1-4H3;/q-3;. The number of hydrogen-bond acceptors (Lipinski definition) is 5. The number of hydrogen-bond donors (Lipinski definition) is 0. The first-order chi connectivity index (χ1) is 23.8. The Morgan fingerprint density at radius 3 is 2.38 bits per heavy atom. The fraction of sp³-hybridized carbons (Fsp3) is 0.116. The van der Waals surface area contributed by atoms with Crippen LogP contribution in [0, 0.1) is 18.8 Å². The van der Waals surface area contributed by atoms with Gasteiger partial charge in [-0.15, -0.1) is 47.0 Å². The number of benzene rings is 5. The van der Waals surface area contributed by atoms with Crippen molar-refractivity contribution in [3.05, 3.63) is 146 Å². The second-order valence-electron chi connectivity index (χ2n) is 13.6. The Hall–Kier alpha value is -5.32. The van der Waals surface area contributed by atoms with Crippen LogP contribution in [0.15, 0.2) is 126 Å². The molecular weight excluding hydrogens is 800 g/mol. The van der Waals surface area contributed by atoms with Crippen LogP contribution in [0.3, 0.4) is 0 Å². The molecule has 4 heterocycles. The molecule has 0 unspecified atom stereocenters. The van der Waals surface area contributed by atoms with Gasteiger partial charge < -0.3 is 23.5 Å². The number of furan rings is 1. The summed E-state index contributed by atoms with van der Waals surface area (Å²) in [5.74, 6) is 1.97. The maximum absolute atomic E-state index is 6.66. The summed E-state index contributed by atoms with van der Waals surface area (Å²) < 4.78 is 14.6. The van der Waals surface area contributed by atoms with E-state index in [-0.39, 0.29) is 26.5 Å². The van der Waals surface area contributed by atoms with Crippen molar-refractivity contribution in [2.24, 2.45) is 0 Å². The molecule has 8 aromatic rings. The molecule has 0 saturated carbocycles. The summed E-state index contributed by atoms with van der Waals surface area (Å²) in [4.78, 5) is 9.16. The first-order valence-electron chi connectivity index (χ1n) is 16.4. The van der Waals surface area contributed by atoms with Crippen LogP contribution in [0.5, 0.6) is 11.5 Å². The van der Waals surface area contributed by atoms with Crippen molar-refractivity contribution in [2.75, 3.05) is 16.8 Å². The number of pyridine rings is 1. The number of anilines is 3. The molecule has 0 aliphatic carbocycles. The van der Waals surface area contributed by atoms with Crippen LogP contribution in [0.2, 0.25) is 0 Å². The molecule has 1 aliphatic rings. The molecule has 7 heteroatoms. The van der Waals surface area contributed by atoms with Crippen molar-refractivity contribution in [3.8, 4) is 28.4 Å². The third kappa shape index (κ3) is 5.45. The molecule has 1 aliphatic heterocycles. The molecule has 3 aromatic heterocycles. The van der Waals surface area contributed by atoms with E-state index >= 15 is 0 Å². The summed E-state index contributed by atoms with van der Waals surface area (Å²) in [5, 5.41) is 3.12. The predicted octanol–water partition coefficient (Wildman–Crippen LogP) is 11.0. The molecule has 0 radical (unpaired) electrons. The average molecular weight is 833 g/mol. The van der Waals surface area contributed by atoms with Gasteiger partial charge in [-0.3, -0.25) is 0 Å². The maximum Gasteiger partial charge on any atom is 0.139 e. The molecule has 0 amide bonds. The van der Waals surface area contributed by atoms with Crippen molar-refractivity contribution in [1.82, 2.24) is 9.55 Å². The van der Waals surface area contributed by atoms with Gasteiger partial charge >= 0.3 is 0 Å². The number of nitrogens with zero attached hydrogens (tertiary/aromatic N) is 4. The fourth-order valence-corrected chi connectivity index (χ4v) is 6.72. The topological polar surface area (TPSA) is 46.7 Å². The molecule has 0 spiro atoms. The van der Waals surface area contributed by atoms with E-state index in [1.165, 1.54) is 5.56 Å². The second-order valence-corrected chi connectivity index (χ2v) is 13.6. The first-order valence-corrected chi connectivity index (χ1v) is 16.4. The van der Waals surface area contributed by atoms with Gasteiger partial charge in [-0.1, -0.05) is 80.9 Å². The molecule has 0 saturated heterocycles. The minimum Gasteiger partial charge on any atom is -0.509 e. The Labute approximate surface area is 305 Å². The molecule has 250 valence electrons. The van der Waals surface area contributed by atoms with Crippen LogP contribution in [0.4, 0.5) is 17.1 Å². The third-order valence-electron chi connectivity index (χ3n) is 9.29. The molecular formula is C43H33N4O2Pt-3. The molecule has 50 heavy (non-hydrogen) atoms. The normalized spacial score (nSPS) is 12.9. The molecule has 6 nitrogen and oxygen atoms in total. The van der Waals surface area contributed by atoms with Gasteiger partial charge in [-0.2, -0.15) is 12.7 Å². The van der Waals surface area contributed by atoms with Gasteiger partial charge in [-0.25, -0.2) is 4.98 Å². The third-order valence-corrected chi connectivity index (χ3v) is 9.29. The monoisotopic (exact) mass is 832 g/mol. The minimum atomic E-state index is -0.111. The van der Waals surface area contributed by atoms with E-state index < -0.39 is 0 Å². The SMILES string of the molecule is CN1[CH-]N(c2[c-]c(Oc3[c-]c4c(cc3)c3cc(-c5ccccc5)ccc3n4-c3cc4occc4cn3)cc(C(C)(C)C)c2)c2ccccc21.[Pt]. The zero-order chi connectivity index (χ0) is 33.3. The van der Waals surface area contributed by atoms with E-state index in [1.807, 2.05) is 30.5 Å². The number of aromatic nitrogens is 2. The summed E-state index contributed by atoms with van der Waals surface area (Å²) in [7, 11) is 2.06. The fourth-order valence-electron chi connectivity index (χ4n) is 6.72. The predicted molar refractivity (Wildman–Crippen MR) is 198 cm³/mol. The Bertz CT molecular complexity index is 2530. The zero-order valence-electron chi connectivity index (χ0n) is 28.0. The summed E-state index contributed by atoms with van der Waals surface area (Å²) in [5.41, 5.74) is 9.18. The van der Waals surface area contributed by atoms with Gasteiger partial charge in [0.15, 0.2) is 0 Å². The molecule has 0 N–H and O–H groups in total. The molecule has 0 atom stereocenters. The largest absolute Gasteiger partial charge is 0.509 e. The second kappa shape index (κ2) is 12.2. The van der Waals surface area contributed by atoms with E-state index in [1.54, 1.807) is 6.26 Å². The van der Waals surface area contributed by atoms with E-state index in [0.29, 0.717) is 11.5 Å². The van der Waals surface area contributed by atoms with Gasteiger partial charge in [0.05, 0.1) is 6.26 Å². The Morgan fingerprint density at radius 2 is 1.56 bits per heavy atom. The number of ether oxygens (including phenoxy) is 1. The van der Waals surface area contributed by atoms with Crippen LogP contribution >= 0.6 is 0 Å². The summed E-state index contributed by atoms with van der Waals surface area (Å²) in [6, 6.07) is 44.9. The van der Waals surface area contributed by atoms with Crippen LogP contribution in [-0.4, -0.2) is 16.6 Å². The van der Waals surface area contributed by atoms with Crippen LogP contribution in [0.25, 0.3) is 49.7 Å². The quantitative estimate of drug-likeness (QED) is 0.162. The number of para-hydroxylation sites is 2. The molecule has 5 aromatic carbocycles. The van der Waals surface area contributed by atoms with Crippen LogP contribution < -0.4 is 14.5 Å². The maximum atomic E-state index is 6.66. The zero-order valence-corrected chi connectivity index (χ0v) is 30.3. The summed E-state index contributed by atoms with van der Waals surface area (Å²) in [6.07, 6.45) is 3.54. The average Bonchev–Trinajstić information content (AvgIpc) is 3.81. The first kappa shape index (κ1) is 31.9. The summed E-state index contributed by atoms with van der Waals surface area (Å²) >= 11 is 0. The van der Waals surface area contributed by atoms with E-state index in [0.717, 1.165) is 66.8 Å². The van der Waals surface area contributed by atoms with E-state index in [4.69, 9.17) is 14.1 Å². The smallest absolute Gasteiger partial charge is 0.139 e. The Kier molecular flexibility index (Phi) is 7.80. The van der Waals surface area contributed by atoms with Gasteiger partial charge in [0.25, 0.3) is 0 Å². The molecule has 0 fully saturated rings. The van der Waals surface area contributed by atoms with Gasteiger partial charge in [0.1, 0.15) is 11.4 Å². The van der Waals surface area contributed by atoms with E-state index in [2.05, 4.69) is 146 Å². The van der Waals surface area contributed by atoms with Crippen molar-refractivity contribution in [3.63, 3.8) is 0 Å². The van der Waals surface area contributed by atoms with Crippen molar-refractivity contribution in [2.45, 2.75) is 26.2 Å². The van der Waals surface area contributed by atoms with Crippen molar-refractivity contribution in [1.29, 1.82) is 0 Å².